The number of aliphatic hydroxyl groups excluding tert-OH is 4. The van der Waals surface area contributed by atoms with Gasteiger partial charge >= 0.3 is 5.97 Å². The van der Waals surface area contributed by atoms with Crippen LogP contribution in [0.4, 0.5) is 0 Å². The van der Waals surface area contributed by atoms with Gasteiger partial charge in [0.1, 0.15) is 30.5 Å². The molecule has 2 saturated heterocycles. The second-order valence-corrected chi connectivity index (χ2v) is 19.1. The van der Waals surface area contributed by atoms with Crippen molar-refractivity contribution in [2.24, 2.45) is 56.7 Å². The predicted molar refractivity (Wildman–Crippen MR) is 176 cm³/mol. The van der Waals surface area contributed by atoms with Crippen molar-refractivity contribution < 1.29 is 54.4 Å². The highest BCUT2D eigenvalue weighted by molar-refractivity contribution is 5.66. The minimum absolute atomic E-state index is 0.0194. The zero-order chi connectivity index (χ0) is 36.1. The van der Waals surface area contributed by atoms with Gasteiger partial charge in [0.15, 0.2) is 18.2 Å². The van der Waals surface area contributed by atoms with E-state index < -0.39 is 71.1 Å². The van der Waals surface area contributed by atoms with E-state index in [0.717, 1.165) is 38.5 Å². The Morgan fingerprint density at radius 2 is 1.55 bits per heavy atom. The molecule has 7 aliphatic rings. The van der Waals surface area contributed by atoms with Crippen molar-refractivity contribution >= 4 is 5.97 Å². The standard InChI is InChI=1S/C38H62O11/c1-18-16-22(29(33(6,7)44)47-20(3)39)49-38(45)28(18)34(8)14-15-37-19(2)36(37)13-12-25(48-30-27(42)26(41)21(40)17-46-30)32(4,5)23(36)10-11-24(37)35(34,9)31(38)43/h18-19,21-31,40-45H,10-17H2,1-9H3/t18-,19-,21-,22-,23+,24+,25+,26+,27-,28-,29-,30+,31-,34-,35-,36-,37+,38-/m1/s1. The van der Waals surface area contributed by atoms with Crippen LogP contribution in [0.2, 0.25) is 0 Å². The number of aliphatic hydroxyl groups is 6. The van der Waals surface area contributed by atoms with E-state index in [9.17, 15) is 35.4 Å². The first kappa shape index (κ1) is 36.5. The maximum atomic E-state index is 12.7. The summed E-state index contributed by atoms with van der Waals surface area (Å²) in [6.45, 7) is 17.8. The van der Waals surface area contributed by atoms with E-state index in [2.05, 4.69) is 41.5 Å². The molecule has 5 aliphatic carbocycles. The van der Waals surface area contributed by atoms with E-state index in [1.54, 1.807) is 13.8 Å². The third-order valence-corrected chi connectivity index (χ3v) is 16.6. The molecule has 7 fully saturated rings. The number of carbonyl (C=O) groups excluding carboxylic acids is 1. The van der Waals surface area contributed by atoms with Crippen molar-refractivity contribution in [1.82, 2.24) is 0 Å². The van der Waals surface area contributed by atoms with Gasteiger partial charge in [-0.05, 0) is 104 Å². The monoisotopic (exact) mass is 694 g/mol. The number of hydrogen-bond acceptors (Lipinski definition) is 11. The van der Waals surface area contributed by atoms with Crippen LogP contribution in [0.1, 0.15) is 107 Å². The summed E-state index contributed by atoms with van der Waals surface area (Å²) in [6, 6.07) is 0. The molecule has 11 heteroatoms. The van der Waals surface area contributed by atoms with E-state index in [1.807, 2.05) is 0 Å². The molecular weight excluding hydrogens is 632 g/mol. The lowest BCUT2D eigenvalue weighted by Crippen LogP contribution is -2.62. The second kappa shape index (κ2) is 11.1. The summed E-state index contributed by atoms with van der Waals surface area (Å²) in [6.07, 6.45) is -2.10. The van der Waals surface area contributed by atoms with Crippen LogP contribution < -0.4 is 0 Å². The molecule has 0 bridgehead atoms. The minimum atomic E-state index is -1.87. The molecule has 0 unspecified atom stereocenters. The summed E-state index contributed by atoms with van der Waals surface area (Å²) in [4.78, 5) is 12.1. The van der Waals surface area contributed by atoms with Gasteiger partial charge in [-0.15, -0.1) is 0 Å². The predicted octanol–water partition coefficient (Wildman–Crippen LogP) is 2.89. The Bertz CT molecular complexity index is 1330. The van der Waals surface area contributed by atoms with Gasteiger partial charge in [-0.1, -0.05) is 41.5 Å². The van der Waals surface area contributed by atoms with Crippen molar-refractivity contribution in [3.05, 3.63) is 0 Å². The van der Waals surface area contributed by atoms with Crippen LogP contribution in [0.15, 0.2) is 0 Å². The molecule has 5 saturated carbocycles. The van der Waals surface area contributed by atoms with E-state index >= 15 is 0 Å². The van der Waals surface area contributed by atoms with Crippen molar-refractivity contribution in [1.29, 1.82) is 0 Å². The molecule has 280 valence electrons. The van der Waals surface area contributed by atoms with Gasteiger partial charge in [-0.25, -0.2) is 0 Å². The number of ether oxygens (including phenoxy) is 4. The SMILES string of the molecule is CC(=O)O[C@H]([C@H]1C[C@@H](C)[C@H]2[C@@](O)(O1)[C@H](O)[C@@]1(C)[C@@H]3CC[C@H]4C(C)(C)[C@@H](O[C@@H]5OC[C@@H](O)[C@H](O)[C@H]5O)CC[C@@]45[C@@H](C)[C@@]35CC[C@]21C)C(C)(C)O. The Hall–Kier alpha value is -0.890. The van der Waals surface area contributed by atoms with Gasteiger partial charge in [-0.2, -0.15) is 0 Å². The fourth-order valence-electron chi connectivity index (χ4n) is 14.6. The summed E-state index contributed by atoms with van der Waals surface area (Å²) in [7, 11) is 0. The number of carbonyl (C=O) groups is 1. The van der Waals surface area contributed by atoms with E-state index in [4.69, 9.17) is 18.9 Å². The molecular formula is C38H62O11. The molecule has 49 heavy (non-hydrogen) atoms. The highest BCUT2D eigenvalue weighted by Crippen LogP contribution is 2.92. The zero-order valence-corrected chi connectivity index (χ0v) is 30.9. The molecule has 0 aromatic heterocycles. The van der Waals surface area contributed by atoms with E-state index in [1.165, 1.54) is 6.92 Å². The fourth-order valence-corrected chi connectivity index (χ4v) is 14.6. The maximum Gasteiger partial charge on any atom is 0.303 e. The summed E-state index contributed by atoms with van der Waals surface area (Å²) < 4.78 is 24.3. The summed E-state index contributed by atoms with van der Waals surface area (Å²) in [5, 5.41) is 67.2. The van der Waals surface area contributed by atoms with E-state index in [-0.39, 0.29) is 46.7 Å². The van der Waals surface area contributed by atoms with Gasteiger partial charge in [0.25, 0.3) is 0 Å². The molecule has 0 aromatic rings. The van der Waals surface area contributed by atoms with Crippen molar-refractivity contribution in [2.75, 3.05) is 6.61 Å². The van der Waals surface area contributed by atoms with Crippen molar-refractivity contribution in [3.63, 3.8) is 0 Å². The lowest BCUT2D eigenvalue weighted by molar-refractivity contribution is -0.342. The number of esters is 1. The molecule has 0 amide bonds. The van der Waals surface area contributed by atoms with Gasteiger partial charge in [0.2, 0.25) is 0 Å². The minimum Gasteiger partial charge on any atom is -0.457 e. The zero-order valence-electron chi connectivity index (χ0n) is 30.9. The smallest absolute Gasteiger partial charge is 0.303 e. The third-order valence-electron chi connectivity index (χ3n) is 16.6. The van der Waals surface area contributed by atoms with Crippen LogP contribution in [-0.4, -0.2) is 104 Å². The Morgan fingerprint density at radius 3 is 2.18 bits per heavy atom. The van der Waals surface area contributed by atoms with Gasteiger partial charge in [0, 0.05) is 18.3 Å². The van der Waals surface area contributed by atoms with E-state index in [0.29, 0.717) is 18.3 Å². The van der Waals surface area contributed by atoms with Gasteiger partial charge in [0.05, 0.1) is 18.3 Å². The number of rotatable bonds is 5. The van der Waals surface area contributed by atoms with Gasteiger partial charge < -0.3 is 49.6 Å². The Kier molecular flexibility index (Phi) is 8.24. The first-order valence-corrected chi connectivity index (χ1v) is 18.9. The first-order chi connectivity index (χ1) is 22.6. The molecule has 11 nitrogen and oxygen atoms in total. The largest absolute Gasteiger partial charge is 0.457 e. The molecule has 2 spiro atoms. The topological polar surface area (TPSA) is 175 Å². The molecule has 0 radical (unpaired) electrons. The molecule has 2 heterocycles. The average Bonchev–Trinajstić information content (AvgIpc) is 3.49. The molecule has 7 rings (SSSR count). The Labute approximate surface area is 291 Å². The molecule has 6 N–H and O–H groups in total. The molecule has 2 aliphatic heterocycles. The van der Waals surface area contributed by atoms with Crippen molar-refractivity contribution in [2.45, 2.75) is 168 Å². The van der Waals surface area contributed by atoms with Crippen LogP contribution in [-0.2, 0) is 23.7 Å². The summed E-state index contributed by atoms with van der Waals surface area (Å²) in [5.41, 5.74) is -2.73. The lowest BCUT2D eigenvalue weighted by Gasteiger charge is -2.63. The average molecular weight is 695 g/mol. The van der Waals surface area contributed by atoms with Gasteiger partial charge in [-0.3, -0.25) is 4.79 Å². The quantitative estimate of drug-likeness (QED) is 0.184. The summed E-state index contributed by atoms with van der Waals surface area (Å²) in [5.74, 6) is -1.92. The third kappa shape index (κ3) is 4.43. The number of hydrogen-bond donors (Lipinski definition) is 6. The highest BCUT2D eigenvalue weighted by atomic mass is 16.7. The Balaban J connectivity index is 1.19. The molecule has 18 atom stereocenters. The van der Waals surface area contributed by atoms with Crippen molar-refractivity contribution in [3.8, 4) is 0 Å². The van der Waals surface area contributed by atoms with Crippen LogP contribution >= 0.6 is 0 Å². The van der Waals surface area contributed by atoms with Crippen LogP contribution in [0.3, 0.4) is 0 Å². The van der Waals surface area contributed by atoms with Crippen LogP contribution in [0.5, 0.6) is 0 Å². The van der Waals surface area contributed by atoms with Crippen LogP contribution in [0, 0.1) is 56.7 Å². The first-order valence-electron chi connectivity index (χ1n) is 18.9. The normalized spacial score (nSPS) is 56.7. The second-order valence-electron chi connectivity index (χ2n) is 19.1. The lowest BCUT2D eigenvalue weighted by atomic mass is 9.41. The maximum absolute atomic E-state index is 12.7. The fraction of sp³-hybridized carbons (Fsp3) is 0.974. The highest BCUT2D eigenvalue weighted by Gasteiger charge is 2.89. The Morgan fingerprint density at radius 1 is 0.918 bits per heavy atom. The van der Waals surface area contributed by atoms with Crippen LogP contribution in [0.25, 0.3) is 0 Å². The number of fused-ring (bicyclic) bond motifs is 4. The molecule has 0 aromatic carbocycles. The summed E-state index contributed by atoms with van der Waals surface area (Å²) >= 11 is 0.